The minimum Gasteiger partial charge on any atom is -0.543 e. The summed E-state index contributed by atoms with van der Waals surface area (Å²) in [5.41, 5.74) is 6.94. The van der Waals surface area contributed by atoms with Crippen LogP contribution in [0, 0.1) is 6.92 Å². The quantitative estimate of drug-likeness (QED) is 0.0746. The second-order valence-corrected chi connectivity index (χ2v) is 11.2. The molecule has 2 aromatic rings. The highest BCUT2D eigenvalue weighted by Gasteiger charge is 2.53. The van der Waals surface area contributed by atoms with Crippen LogP contribution < -0.4 is 31.4 Å². The van der Waals surface area contributed by atoms with Gasteiger partial charge in [0, 0.05) is 42.7 Å². The van der Waals surface area contributed by atoms with E-state index in [4.69, 9.17) is 10.6 Å². The molecule has 2 fully saturated rings. The van der Waals surface area contributed by atoms with Crippen LogP contribution in [-0.4, -0.2) is 75.5 Å². The summed E-state index contributed by atoms with van der Waals surface area (Å²) in [7, 11) is 0. The fourth-order valence-electron chi connectivity index (χ4n) is 4.62. The average Bonchev–Trinajstić information content (AvgIpc) is 3.56. The van der Waals surface area contributed by atoms with E-state index in [2.05, 4.69) is 26.1 Å². The number of aromatic nitrogens is 2. The standard InChI is InChI=1S/C24H24N8O7S2/c1-11-13(27-10-33)3-2-6-31(11)7-12-8-40-22-17(21(36)32(22)18(12)23(37)38)29-20(35)16(14-9-41-24(25)28-14)30-39-15-4-5-26-19(15)34/h2-3,6,9-10,15,17,22H,4-5,7-8H2,1H3,(H5-,25,26,27,28,29,33,34,35,37,38)/b30-16-/t15-,17+,22-/m0/s1. The number of thiazole rings is 1. The molecule has 3 atom stereocenters. The number of carbonyl (C=O) groups is 5. The van der Waals surface area contributed by atoms with Gasteiger partial charge in [0.05, 0.1) is 11.7 Å². The molecule has 17 heteroatoms. The van der Waals surface area contributed by atoms with Gasteiger partial charge in [0.25, 0.3) is 17.7 Å². The third-order valence-corrected chi connectivity index (χ3v) is 8.71. The molecule has 2 saturated heterocycles. The Morgan fingerprint density at radius 1 is 1.41 bits per heavy atom. The van der Waals surface area contributed by atoms with Crippen LogP contribution in [0.2, 0.25) is 0 Å². The number of amides is 4. The van der Waals surface area contributed by atoms with Gasteiger partial charge < -0.3 is 36.4 Å². The zero-order valence-electron chi connectivity index (χ0n) is 21.5. The number of nitrogen functional groups attached to an aromatic ring is 1. The summed E-state index contributed by atoms with van der Waals surface area (Å²) in [5.74, 6) is -3.09. The van der Waals surface area contributed by atoms with E-state index in [-0.39, 0.29) is 40.4 Å². The van der Waals surface area contributed by atoms with Crippen LogP contribution in [0.4, 0.5) is 10.8 Å². The number of pyridine rings is 1. The molecule has 5 heterocycles. The first-order valence-electron chi connectivity index (χ1n) is 12.3. The number of nitrogens with one attached hydrogen (secondary N) is 3. The highest BCUT2D eigenvalue weighted by atomic mass is 32.2. The van der Waals surface area contributed by atoms with Crippen molar-refractivity contribution in [2.75, 3.05) is 23.3 Å². The highest BCUT2D eigenvalue weighted by molar-refractivity contribution is 8.00. The molecule has 0 aromatic carbocycles. The number of thioether (sulfide) groups is 1. The minimum absolute atomic E-state index is 0.0969. The number of carboxylic acids is 1. The lowest BCUT2D eigenvalue weighted by atomic mass is 10.0. The predicted octanol–water partition coefficient (Wildman–Crippen LogP) is -2.40. The minimum atomic E-state index is -1.52. The molecule has 0 spiro atoms. The Hall–Kier alpha value is -4.51. The van der Waals surface area contributed by atoms with E-state index < -0.39 is 35.3 Å². The number of anilines is 2. The second kappa shape index (κ2) is 11.5. The van der Waals surface area contributed by atoms with Crippen LogP contribution in [0.1, 0.15) is 17.8 Å². The Kier molecular flexibility index (Phi) is 7.89. The molecule has 41 heavy (non-hydrogen) atoms. The Morgan fingerprint density at radius 3 is 2.88 bits per heavy atom. The van der Waals surface area contributed by atoms with Crippen molar-refractivity contribution in [3.8, 4) is 0 Å². The van der Waals surface area contributed by atoms with Gasteiger partial charge in [0.1, 0.15) is 22.8 Å². The number of hydrogen-bond acceptors (Lipinski definition) is 12. The maximum Gasteiger partial charge on any atom is 0.276 e. The number of carbonyl (C=O) groups excluding carboxylic acids is 5. The molecular weight excluding hydrogens is 576 g/mol. The van der Waals surface area contributed by atoms with Crippen LogP contribution in [0.15, 0.2) is 40.1 Å². The van der Waals surface area contributed by atoms with E-state index in [1.807, 2.05) is 0 Å². The maximum absolute atomic E-state index is 13.3. The molecule has 3 aliphatic heterocycles. The van der Waals surface area contributed by atoms with Crippen molar-refractivity contribution in [2.24, 2.45) is 5.16 Å². The van der Waals surface area contributed by atoms with Gasteiger partial charge >= 0.3 is 0 Å². The third-order valence-electron chi connectivity index (χ3n) is 6.70. The topological polar surface area (TPSA) is 212 Å². The monoisotopic (exact) mass is 600 g/mol. The van der Waals surface area contributed by atoms with Crippen LogP contribution in [0.3, 0.4) is 0 Å². The number of nitrogens with zero attached hydrogens (tertiary/aromatic N) is 4. The van der Waals surface area contributed by atoms with Gasteiger partial charge in [0.2, 0.25) is 18.2 Å². The summed E-state index contributed by atoms with van der Waals surface area (Å²) in [6, 6.07) is 2.35. The third kappa shape index (κ3) is 5.45. The number of carboxylic acid groups (broad SMARTS) is 1. The van der Waals surface area contributed by atoms with E-state index in [1.54, 1.807) is 29.8 Å². The molecule has 3 aliphatic rings. The largest absolute Gasteiger partial charge is 0.543 e. The zero-order chi connectivity index (χ0) is 29.3. The van der Waals surface area contributed by atoms with Crippen molar-refractivity contribution >= 4 is 69.7 Å². The van der Waals surface area contributed by atoms with Gasteiger partial charge in [-0.1, -0.05) is 5.16 Å². The first-order valence-corrected chi connectivity index (χ1v) is 14.2. The van der Waals surface area contributed by atoms with E-state index in [9.17, 15) is 29.1 Å². The molecule has 0 bridgehead atoms. The maximum atomic E-state index is 13.3. The van der Waals surface area contributed by atoms with E-state index in [1.165, 1.54) is 17.1 Å². The lowest BCUT2D eigenvalue weighted by Gasteiger charge is -2.50. The van der Waals surface area contributed by atoms with Crippen LogP contribution in [-0.2, 0) is 35.4 Å². The molecule has 0 unspecified atom stereocenters. The van der Waals surface area contributed by atoms with E-state index in [0.717, 1.165) is 16.2 Å². The summed E-state index contributed by atoms with van der Waals surface area (Å²) in [6.45, 7) is 2.31. The normalized spacial score (nSPS) is 22.0. The van der Waals surface area contributed by atoms with Gasteiger partial charge in [0.15, 0.2) is 23.6 Å². The van der Waals surface area contributed by atoms with Crippen molar-refractivity contribution in [3.05, 3.63) is 46.4 Å². The molecule has 214 valence electrons. The van der Waals surface area contributed by atoms with Gasteiger partial charge in [-0.15, -0.1) is 23.1 Å². The number of fused-ring (bicyclic) bond motifs is 1. The highest BCUT2D eigenvalue weighted by Crippen LogP contribution is 2.40. The molecule has 5 N–H and O–H groups in total. The van der Waals surface area contributed by atoms with Crippen molar-refractivity contribution < 1.29 is 38.5 Å². The molecule has 0 aliphatic carbocycles. The smallest absolute Gasteiger partial charge is 0.276 e. The molecule has 2 aromatic heterocycles. The number of hydrogen-bond donors (Lipinski definition) is 4. The van der Waals surface area contributed by atoms with Crippen LogP contribution in [0.25, 0.3) is 0 Å². The molecular formula is C24H24N8O7S2. The van der Waals surface area contributed by atoms with Gasteiger partial charge in [-0.05, 0) is 6.07 Å². The lowest BCUT2D eigenvalue weighted by Crippen LogP contribution is -2.71. The second-order valence-electron chi connectivity index (χ2n) is 9.18. The zero-order valence-corrected chi connectivity index (χ0v) is 23.1. The lowest BCUT2D eigenvalue weighted by molar-refractivity contribution is -0.694. The Balaban J connectivity index is 1.35. The number of rotatable bonds is 10. The van der Waals surface area contributed by atoms with Crippen molar-refractivity contribution in [2.45, 2.75) is 37.4 Å². The molecule has 0 radical (unpaired) electrons. The van der Waals surface area contributed by atoms with Crippen LogP contribution in [0.5, 0.6) is 0 Å². The van der Waals surface area contributed by atoms with Gasteiger partial charge in [-0.3, -0.25) is 24.1 Å². The Bertz CT molecular complexity index is 1510. The fourth-order valence-corrected chi connectivity index (χ4v) is 6.50. The number of β-lactam (4-membered cyclic amide) rings is 1. The van der Waals surface area contributed by atoms with Crippen molar-refractivity contribution in [3.63, 3.8) is 0 Å². The SMILES string of the molecule is Cc1c(NC=O)ccc[n+]1CC1=C(C(=O)[O-])N2C(=O)[C@@H](NC(=O)/C(=N\O[C@H]3CCNC3=O)c3csc(N)n3)[C@@H]2SC1. The summed E-state index contributed by atoms with van der Waals surface area (Å²) in [5, 5.41) is 24.8. The number of aliphatic carboxylic acids is 1. The average molecular weight is 601 g/mol. The molecule has 4 amide bonds. The summed E-state index contributed by atoms with van der Waals surface area (Å²) in [4.78, 5) is 71.8. The van der Waals surface area contributed by atoms with Gasteiger partial charge in [-0.25, -0.2) is 4.98 Å². The van der Waals surface area contributed by atoms with Crippen LogP contribution >= 0.6 is 23.1 Å². The fraction of sp³-hybridized carbons (Fsp3) is 0.333. The first kappa shape index (κ1) is 28.0. The van der Waals surface area contributed by atoms with E-state index >= 15 is 0 Å². The molecule has 15 nitrogen and oxygen atoms in total. The molecule has 0 saturated carbocycles. The molecule has 5 rings (SSSR count). The number of nitrogens with two attached hydrogens (primary N) is 1. The predicted molar refractivity (Wildman–Crippen MR) is 144 cm³/mol. The van der Waals surface area contributed by atoms with Crippen molar-refractivity contribution in [1.82, 2.24) is 20.5 Å². The summed E-state index contributed by atoms with van der Waals surface area (Å²) in [6.07, 6.45) is 1.76. The van der Waals surface area contributed by atoms with Gasteiger partial charge in [-0.2, -0.15) is 4.57 Å². The summed E-state index contributed by atoms with van der Waals surface area (Å²) >= 11 is 2.35. The Morgan fingerprint density at radius 2 is 2.22 bits per heavy atom. The van der Waals surface area contributed by atoms with E-state index in [0.29, 0.717) is 36.3 Å². The number of oxime groups is 1. The summed E-state index contributed by atoms with van der Waals surface area (Å²) < 4.78 is 1.75. The Labute approximate surface area is 240 Å². The van der Waals surface area contributed by atoms with Crippen molar-refractivity contribution in [1.29, 1.82) is 0 Å². The first-order chi connectivity index (χ1) is 19.7.